The van der Waals surface area contributed by atoms with Gasteiger partial charge in [0.25, 0.3) is 0 Å². The zero-order valence-corrected chi connectivity index (χ0v) is 9.45. The van der Waals surface area contributed by atoms with Gasteiger partial charge in [0, 0.05) is 11.8 Å². The lowest BCUT2D eigenvalue weighted by atomic mass is 10.3. The Bertz CT molecular complexity index is 341. The van der Waals surface area contributed by atoms with E-state index in [1.807, 2.05) is 0 Å². The normalized spacial score (nSPS) is 11.3. The molecule has 0 fully saturated rings. The van der Waals surface area contributed by atoms with Crippen molar-refractivity contribution in [2.45, 2.75) is 6.18 Å². The molecule has 2 nitrogen and oxygen atoms in total. The van der Waals surface area contributed by atoms with Crippen LogP contribution in [0.2, 0.25) is 0 Å². The van der Waals surface area contributed by atoms with E-state index >= 15 is 0 Å². The molecule has 0 radical (unpaired) electrons. The third kappa shape index (κ3) is 3.99. The molecule has 0 bridgehead atoms. The van der Waals surface area contributed by atoms with Gasteiger partial charge in [0.2, 0.25) is 0 Å². The van der Waals surface area contributed by atoms with Gasteiger partial charge in [0.1, 0.15) is 12.3 Å². The maximum absolute atomic E-state index is 11.9. The number of benzene rings is 1. The van der Waals surface area contributed by atoms with Crippen molar-refractivity contribution in [3.8, 4) is 5.75 Å². The first-order valence-electron chi connectivity index (χ1n) is 4.06. The van der Waals surface area contributed by atoms with Crippen LogP contribution in [0.15, 0.2) is 22.7 Å². The van der Waals surface area contributed by atoms with E-state index in [4.69, 9.17) is 4.74 Å². The van der Waals surface area contributed by atoms with E-state index in [-0.39, 0.29) is 0 Å². The van der Waals surface area contributed by atoms with E-state index in [9.17, 15) is 13.2 Å². The van der Waals surface area contributed by atoms with Gasteiger partial charge in [-0.1, -0.05) is 0 Å². The molecule has 1 aromatic carbocycles. The molecule has 0 aliphatic heterocycles. The summed E-state index contributed by atoms with van der Waals surface area (Å²) in [5, 5.41) is 2.26. The van der Waals surface area contributed by atoms with Crippen LogP contribution in [0.5, 0.6) is 5.75 Å². The standard InChI is InChI=1S/C9H9BrF3NO/c1-15-8-4-6(2-3-7(8)10)14-5-9(11,12)13/h2-4,14H,5H2,1H3. The molecule has 84 valence electrons. The second-order valence-electron chi connectivity index (χ2n) is 2.82. The van der Waals surface area contributed by atoms with Crippen molar-refractivity contribution < 1.29 is 17.9 Å². The maximum Gasteiger partial charge on any atom is 0.405 e. The molecular formula is C9H9BrF3NO. The molecule has 0 atom stereocenters. The average molecular weight is 284 g/mol. The lowest BCUT2D eigenvalue weighted by Gasteiger charge is -2.11. The van der Waals surface area contributed by atoms with E-state index in [1.165, 1.54) is 13.2 Å². The summed E-state index contributed by atoms with van der Waals surface area (Å²) in [6, 6.07) is 4.66. The summed E-state index contributed by atoms with van der Waals surface area (Å²) in [6.07, 6.45) is -4.22. The molecule has 0 aromatic heterocycles. The van der Waals surface area contributed by atoms with Crippen LogP contribution in [0.1, 0.15) is 0 Å². The predicted molar refractivity (Wildman–Crippen MR) is 55.2 cm³/mol. The van der Waals surface area contributed by atoms with Crippen LogP contribution in [0.3, 0.4) is 0 Å². The number of ether oxygens (including phenoxy) is 1. The predicted octanol–water partition coefficient (Wildman–Crippen LogP) is 3.43. The minimum Gasteiger partial charge on any atom is -0.495 e. The van der Waals surface area contributed by atoms with E-state index in [0.29, 0.717) is 15.9 Å². The molecule has 0 aliphatic carbocycles. The van der Waals surface area contributed by atoms with Crippen LogP contribution in [0.4, 0.5) is 18.9 Å². The SMILES string of the molecule is COc1cc(NCC(F)(F)F)ccc1Br. The Morgan fingerprint density at radius 3 is 2.60 bits per heavy atom. The number of halogens is 4. The number of hydrogen-bond acceptors (Lipinski definition) is 2. The van der Waals surface area contributed by atoms with Gasteiger partial charge in [-0.05, 0) is 28.1 Å². The summed E-state index contributed by atoms with van der Waals surface area (Å²) in [4.78, 5) is 0. The number of hydrogen-bond donors (Lipinski definition) is 1. The minimum atomic E-state index is -4.22. The molecular weight excluding hydrogens is 275 g/mol. The monoisotopic (exact) mass is 283 g/mol. The molecule has 0 amide bonds. The van der Waals surface area contributed by atoms with Crippen molar-refractivity contribution in [1.29, 1.82) is 0 Å². The first-order chi connectivity index (χ1) is 6.92. The van der Waals surface area contributed by atoms with Gasteiger partial charge in [-0.3, -0.25) is 0 Å². The Morgan fingerprint density at radius 2 is 2.07 bits per heavy atom. The van der Waals surface area contributed by atoms with E-state index in [0.717, 1.165) is 0 Å². The molecule has 15 heavy (non-hydrogen) atoms. The number of alkyl halides is 3. The summed E-state index contributed by atoms with van der Waals surface area (Å²) in [7, 11) is 1.45. The molecule has 0 saturated heterocycles. The van der Waals surface area contributed by atoms with Crippen LogP contribution >= 0.6 is 15.9 Å². The summed E-state index contributed by atoms with van der Waals surface area (Å²) < 4.78 is 41.3. The first-order valence-corrected chi connectivity index (χ1v) is 4.86. The van der Waals surface area contributed by atoms with Gasteiger partial charge in [-0.25, -0.2) is 0 Å². The number of anilines is 1. The zero-order chi connectivity index (χ0) is 11.5. The Hall–Kier alpha value is -0.910. The van der Waals surface area contributed by atoms with Crippen LogP contribution in [-0.2, 0) is 0 Å². The summed E-state index contributed by atoms with van der Waals surface area (Å²) >= 11 is 3.21. The van der Waals surface area contributed by atoms with Crippen molar-refractivity contribution in [2.75, 3.05) is 19.0 Å². The fraction of sp³-hybridized carbons (Fsp3) is 0.333. The summed E-state index contributed by atoms with van der Waals surface area (Å²) in [6.45, 7) is -1.06. The van der Waals surface area contributed by atoms with Crippen molar-refractivity contribution in [3.63, 3.8) is 0 Å². The molecule has 0 aliphatic rings. The second kappa shape index (κ2) is 4.74. The smallest absolute Gasteiger partial charge is 0.405 e. The van der Waals surface area contributed by atoms with Crippen LogP contribution in [0, 0.1) is 0 Å². The largest absolute Gasteiger partial charge is 0.495 e. The quantitative estimate of drug-likeness (QED) is 0.918. The third-order valence-corrected chi connectivity index (χ3v) is 2.30. The van der Waals surface area contributed by atoms with Gasteiger partial charge in [0.05, 0.1) is 11.6 Å². The Morgan fingerprint density at radius 1 is 1.40 bits per heavy atom. The number of nitrogens with one attached hydrogen (secondary N) is 1. The molecule has 0 saturated carbocycles. The average Bonchev–Trinajstić information content (AvgIpc) is 2.15. The molecule has 1 aromatic rings. The Labute approximate surface area is 93.6 Å². The van der Waals surface area contributed by atoms with Crippen LogP contribution in [-0.4, -0.2) is 19.8 Å². The fourth-order valence-corrected chi connectivity index (χ4v) is 1.38. The van der Waals surface area contributed by atoms with Crippen LogP contribution < -0.4 is 10.1 Å². The zero-order valence-electron chi connectivity index (χ0n) is 7.86. The summed E-state index contributed by atoms with van der Waals surface area (Å²) in [5.41, 5.74) is 0.368. The molecule has 0 unspecified atom stereocenters. The van der Waals surface area contributed by atoms with E-state index in [1.54, 1.807) is 12.1 Å². The van der Waals surface area contributed by atoms with E-state index < -0.39 is 12.7 Å². The van der Waals surface area contributed by atoms with Gasteiger partial charge in [-0.15, -0.1) is 0 Å². The van der Waals surface area contributed by atoms with Crippen molar-refractivity contribution in [1.82, 2.24) is 0 Å². The highest BCUT2D eigenvalue weighted by molar-refractivity contribution is 9.10. The fourth-order valence-electron chi connectivity index (χ4n) is 0.972. The lowest BCUT2D eigenvalue weighted by Crippen LogP contribution is -2.21. The number of methoxy groups -OCH3 is 1. The Balaban J connectivity index is 2.70. The van der Waals surface area contributed by atoms with Crippen LogP contribution in [0.25, 0.3) is 0 Å². The highest BCUT2D eigenvalue weighted by atomic mass is 79.9. The molecule has 1 N–H and O–H groups in total. The van der Waals surface area contributed by atoms with Gasteiger partial charge in [-0.2, -0.15) is 13.2 Å². The molecule has 0 spiro atoms. The number of rotatable bonds is 3. The van der Waals surface area contributed by atoms with E-state index in [2.05, 4.69) is 21.2 Å². The lowest BCUT2D eigenvalue weighted by molar-refractivity contribution is -0.115. The first kappa shape index (κ1) is 12.2. The van der Waals surface area contributed by atoms with Gasteiger partial charge in [0.15, 0.2) is 0 Å². The molecule has 6 heteroatoms. The minimum absolute atomic E-state index is 0.368. The van der Waals surface area contributed by atoms with Crippen molar-refractivity contribution >= 4 is 21.6 Å². The topological polar surface area (TPSA) is 21.3 Å². The Kier molecular flexibility index (Phi) is 3.84. The van der Waals surface area contributed by atoms with Crippen molar-refractivity contribution in [2.24, 2.45) is 0 Å². The highest BCUT2D eigenvalue weighted by Gasteiger charge is 2.26. The third-order valence-electron chi connectivity index (χ3n) is 1.64. The van der Waals surface area contributed by atoms with Gasteiger partial charge >= 0.3 is 6.18 Å². The molecule has 1 rings (SSSR count). The highest BCUT2D eigenvalue weighted by Crippen LogP contribution is 2.28. The maximum atomic E-state index is 11.9. The second-order valence-corrected chi connectivity index (χ2v) is 3.67. The molecule has 0 heterocycles. The van der Waals surface area contributed by atoms with Crippen molar-refractivity contribution in [3.05, 3.63) is 22.7 Å². The summed E-state index contributed by atoms with van der Waals surface area (Å²) in [5.74, 6) is 0.488. The van der Waals surface area contributed by atoms with Gasteiger partial charge < -0.3 is 10.1 Å².